The number of hydrogen-bond donors (Lipinski definition) is 3. The smallest absolute Gasteiger partial charge is 0.255 e. The highest BCUT2D eigenvalue weighted by Gasteiger charge is 2.11. The lowest BCUT2D eigenvalue weighted by Gasteiger charge is -2.08. The van der Waals surface area contributed by atoms with Crippen LogP contribution < -0.4 is 16.6 Å². The number of hydrogen-bond acceptors (Lipinski definition) is 4. The average Bonchev–Trinajstić information content (AvgIpc) is 2.41. The third kappa shape index (κ3) is 3.31. The van der Waals surface area contributed by atoms with E-state index in [1.807, 2.05) is 0 Å². The van der Waals surface area contributed by atoms with Crippen LogP contribution in [0.5, 0.6) is 0 Å². The van der Waals surface area contributed by atoms with Gasteiger partial charge in [0, 0.05) is 15.7 Å². The van der Waals surface area contributed by atoms with Gasteiger partial charge in [0.15, 0.2) is 0 Å². The fourth-order valence-corrected chi connectivity index (χ4v) is 1.99. The Balaban J connectivity index is 2.26. The molecule has 0 atom stereocenters. The van der Waals surface area contributed by atoms with E-state index in [-0.39, 0.29) is 5.69 Å². The lowest BCUT2D eigenvalue weighted by atomic mass is 10.2. The molecule has 7 heteroatoms. The Morgan fingerprint density at radius 2 is 2.10 bits per heavy atom. The summed E-state index contributed by atoms with van der Waals surface area (Å²) >= 11 is 3.15. The van der Waals surface area contributed by atoms with Gasteiger partial charge in [-0.15, -0.1) is 0 Å². The first kappa shape index (κ1) is 14.4. The molecule has 2 rings (SSSR count). The molecule has 0 spiro atoms. The number of halogens is 2. The second kappa shape index (κ2) is 5.98. The van der Waals surface area contributed by atoms with E-state index in [0.29, 0.717) is 21.5 Å². The topological polar surface area (TPSA) is 80.0 Å². The Bertz CT molecular complexity index is 663. The molecule has 0 saturated heterocycles. The maximum absolute atomic E-state index is 13.7. The van der Waals surface area contributed by atoms with Crippen LogP contribution >= 0.6 is 15.9 Å². The van der Waals surface area contributed by atoms with Gasteiger partial charge in [-0.25, -0.2) is 15.2 Å². The molecule has 2 aromatic rings. The average molecular weight is 339 g/mol. The van der Waals surface area contributed by atoms with Gasteiger partial charge in [0.2, 0.25) is 0 Å². The summed E-state index contributed by atoms with van der Waals surface area (Å²) in [6.45, 7) is 1.73. The Morgan fingerprint density at radius 1 is 1.35 bits per heavy atom. The van der Waals surface area contributed by atoms with E-state index in [2.05, 4.69) is 31.7 Å². The van der Waals surface area contributed by atoms with E-state index in [1.54, 1.807) is 19.1 Å². The summed E-state index contributed by atoms with van der Waals surface area (Å²) in [6, 6.07) is 7.48. The highest BCUT2D eigenvalue weighted by molar-refractivity contribution is 9.10. The monoisotopic (exact) mass is 338 g/mol. The number of benzene rings is 1. The van der Waals surface area contributed by atoms with Gasteiger partial charge in [-0.1, -0.05) is 15.9 Å². The van der Waals surface area contributed by atoms with Crippen molar-refractivity contribution in [2.24, 2.45) is 5.84 Å². The Hall–Kier alpha value is -1.99. The molecule has 0 aliphatic rings. The van der Waals surface area contributed by atoms with E-state index in [0.717, 1.165) is 0 Å². The van der Waals surface area contributed by atoms with E-state index in [9.17, 15) is 9.18 Å². The predicted molar refractivity (Wildman–Crippen MR) is 78.8 cm³/mol. The molecule has 1 heterocycles. The summed E-state index contributed by atoms with van der Waals surface area (Å²) in [4.78, 5) is 16.2. The minimum absolute atomic E-state index is 0.106. The van der Waals surface area contributed by atoms with Gasteiger partial charge in [0.1, 0.15) is 11.6 Å². The van der Waals surface area contributed by atoms with Gasteiger partial charge in [-0.05, 0) is 37.3 Å². The molecule has 1 aromatic carbocycles. The van der Waals surface area contributed by atoms with E-state index < -0.39 is 11.7 Å². The summed E-state index contributed by atoms with van der Waals surface area (Å²) in [7, 11) is 0. The standard InChI is InChI=1S/C13H12BrFN4O/c1-7-4-8(5-12(17-7)19-16)13(20)18-11-3-2-9(14)6-10(11)15/h2-6H,16H2,1H3,(H,17,19)(H,18,20). The molecule has 1 aromatic heterocycles. The number of carbonyl (C=O) groups is 1. The Morgan fingerprint density at radius 3 is 2.75 bits per heavy atom. The number of nitrogens with two attached hydrogens (primary N) is 1. The largest absolute Gasteiger partial charge is 0.319 e. The number of carbonyl (C=O) groups excluding carboxylic acids is 1. The van der Waals surface area contributed by atoms with Crippen LogP contribution in [0.3, 0.4) is 0 Å². The van der Waals surface area contributed by atoms with Crippen molar-refractivity contribution in [3.63, 3.8) is 0 Å². The van der Waals surface area contributed by atoms with Crippen molar-refractivity contribution in [2.75, 3.05) is 10.7 Å². The van der Waals surface area contributed by atoms with Crippen LogP contribution in [0.15, 0.2) is 34.8 Å². The second-order valence-electron chi connectivity index (χ2n) is 4.11. The first-order valence-corrected chi connectivity index (χ1v) is 6.50. The molecule has 0 fully saturated rings. The van der Waals surface area contributed by atoms with Crippen LogP contribution in [0.4, 0.5) is 15.9 Å². The van der Waals surface area contributed by atoms with Crippen molar-refractivity contribution in [3.05, 3.63) is 51.9 Å². The minimum Gasteiger partial charge on any atom is -0.319 e. The maximum Gasteiger partial charge on any atom is 0.255 e. The number of pyridine rings is 1. The first-order valence-electron chi connectivity index (χ1n) is 5.71. The molecular formula is C13H12BrFN4O. The van der Waals surface area contributed by atoms with Gasteiger partial charge >= 0.3 is 0 Å². The lowest BCUT2D eigenvalue weighted by Crippen LogP contribution is -2.15. The van der Waals surface area contributed by atoms with Crippen molar-refractivity contribution in [2.45, 2.75) is 6.92 Å². The maximum atomic E-state index is 13.7. The van der Waals surface area contributed by atoms with Crippen molar-refractivity contribution in [3.8, 4) is 0 Å². The SMILES string of the molecule is Cc1cc(C(=O)Nc2ccc(Br)cc2F)cc(NN)n1. The van der Waals surface area contributed by atoms with E-state index in [1.165, 1.54) is 18.2 Å². The molecule has 0 saturated carbocycles. The summed E-state index contributed by atoms with van der Waals surface area (Å²) in [5.41, 5.74) is 3.45. The molecule has 20 heavy (non-hydrogen) atoms. The lowest BCUT2D eigenvalue weighted by molar-refractivity contribution is 0.102. The molecule has 104 valence electrons. The van der Waals surface area contributed by atoms with Gasteiger partial charge in [0.05, 0.1) is 5.69 Å². The molecule has 0 unspecified atom stereocenters. The molecule has 1 amide bonds. The van der Waals surface area contributed by atoms with Crippen LogP contribution in [0.25, 0.3) is 0 Å². The first-order chi connectivity index (χ1) is 9.49. The van der Waals surface area contributed by atoms with Gasteiger partial charge in [-0.3, -0.25) is 4.79 Å². The molecule has 4 N–H and O–H groups in total. The van der Waals surface area contributed by atoms with Crippen molar-refractivity contribution in [1.82, 2.24) is 4.98 Å². The number of rotatable bonds is 3. The van der Waals surface area contributed by atoms with E-state index >= 15 is 0 Å². The predicted octanol–water partition coefficient (Wildman–Crippen LogP) is 2.83. The molecule has 0 aliphatic carbocycles. The molecule has 0 aliphatic heterocycles. The van der Waals surface area contributed by atoms with E-state index in [4.69, 9.17) is 5.84 Å². The number of nitrogen functional groups attached to an aromatic ring is 1. The summed E-state index contributed by atoms with van der Waals surface area (Å²) in [5, 5.41) is 2.50. The summed E-state index contributed by atoms with van der Waals surface area (Å²) < 4.78 is 14.3. The number of nitrogens with one attached hydrogen (secondary N) is 2. The third-order valence-electron chi connectivity index (χ3n) is 2.54. The summed E-state index contributed by atoms with van der Waals surface area (Å²) in [6.07, 6.45) is 0. The molecule has 0 bridgehead atoms. The third-order valence-corrected chi connectivity index (χ3v) is 3.04. The van der Waals surface area contributed by atoms with Crippen LogP contribution in [0.2, 0.25) is 0 Å². The fraction of sp³-hybridized carbons (Fsp3) is 0.0769. The molecular weight excluding hydrogens is 327 g/mol. The Kier molecular flexibility index (Phi) is 4.31. The van der Waals surface area contributed by atoms with Crippen molar-refractivity contribution < 1.29 is 9.18 Å². The molecule has 5 nitrogen and oxygen atoms in total. The van der Waals surface area contributed by atoms with Gasteiger partial charge in [-0.2, -0.15) is 0 Å². The quantitative estimate of drug-likeness (QED) is 0.593. The number of amides is 1. The van der Waals surface area contributed by atoms with Crippen LogP contribution in [-0.4, -0.2) is 10.9 Å². The number of aryl methyl sites for hydroxylation is 1. The minimum atomic E-state index is -0.518. The van der Waals surface area contributed by atoms with Crippen LogP contribution in [0, 0.1) is 12.7 Å². The number of nitrogens with zero attached hydrogens (tertiary/aromatic N) is 1. The zero-order chi connectivity index (χ0) is 14.7. The number of anilines is 2. The highest BCUT2D eigenvalue weighted by Crippen LogP contribution is 2.20. The second-order valence-corrected chi connectivity index (χ2v) is 5.02. The van der Waals surface area contributed by atoms with Crippen LogP contribution in [0.1, 0.15) is 16.1 Å². The Labute approximate surface area is 123 Å². The van der Waals surface area contributed by atoms with Crippen molar-refractivity contribution in [1.29, 1.82) is 0 Å². The summed E-state index contributed by atoms with van der Waals surface area (Å²) in [5.74, 6) is 4.68. The normalized spacial score (nSPS) is 10.2. The fourth-order valence-electron chi connectivity index (χ4n) is 1.66. The van der Waals surface area contributed by atoms with Gasteiger partial charge in [0.25, 0.3) is 5.91 Å². The molecule has 0 radical (unpaired) electrons. The zero-order valence-corrected chi connectivity index (χ0v) is 12.2. The van der Waals surface area contributed by atoms with Crippen LogP contribution in [-0.2, 0) is 0 Å². The highest BCUT2D eigenvalue weighted by atomic mass is 79.9. The number of aromatic nitrogens is 1. The van der Waals surface area contributed by atoms with Crippen molar-refractivity contribution >= 4 is 33.3 Å². The zero-order valence-electron chi connectivity index (χ0n) is 10.6. The van der Waals surface area contributed by atoms with Gasteiger partial charge < -0.3 is 10.7 Å². The number of hydrazine groups is 1.